The molecule has 118 valence electrons. The highest BCUT2D eigenvalue weighted by Crippen LogP contribution is 2.37. The van der Waals surface area contributed by atoms with Gasteiger partial charge in [0.05, 0.1) is 30.1 Å². The number of nitrogens with one attached hydrogen (secondary N) is 1. The summed E-state index contributed by atoms with van der Waals surface area (Å²) in [4.78, 5) is 19.0. The van der Waals surface area contributed by atoms with Gasteiger partial charge >= 0.3 is 0 Å². The first-order chi connectivity index (χ1) is 11.8. The first-order valence-electron chi connectivity index (χ1n) is 7.45. The van der Waals surface area contributed by atoms with Crippen molar-refractivity contribution in [1.29, 1.82) is 0 Å². The number of rotatable bonds is 4. The highest BCUT2D eigenvalue weighted by atomic mass is 16.5. The number of aldehydes is 1. The molecule has 0 atom stereocenters. The number of benzene rings is 2. The van der Waals surface area contributed by atoms with E-state index >= 15 is 0 Å². The molecule has 0 unspecified atom stereocenters. The van der Waals surface area contributed by atoms with Crippen molar-refractivity contribution in [1.82, 2.24) is 9.97 Å². The minimum atomic E-state index is 0.591. The number of hydrogen-bond donors (Lipinski definition) is 1. The number of oxazole rings is 1. The zero-order valence-corrected chi connectivity index (χ0v) is 12.9. The molecular weight excluding hydrogens is 304 g/mol. The Labute approximate surface area is 137 Å². The van der Waals surface area contributed by atoms with E-state index in [0.717, 1.165) is 34.0 Å². The molecule has 5 heteroatoms. The van der Waals surface area contributed by atoms with Gasteiger partial charge in [-0.25, -0.2) is 4.98 Å². The minimum Gasteiger partial charge on any atom is -0.496 e. The first kappa shape index (κ1) is 14.3. The standard InChI is InChI=1S/C19H14N2O3/c1-23-17-8-16-13(7-14(17)18-9-20-11-24-18)15(10-22)19(21-16)12-5-3-2-4-6-12/h2-11,21H,1H3. The van der Waals surface area contributed by atoms with Crippen molar-refractivity contribution >= 4 is 17.2 Å². The fourth-order valence-corrected chi connectivity index (χ4v) is 2.91. The van der Waals surface area contributed by atoms with Crippen molar-refractivity contribution in [2.45, 2.75) is 0 Å². The van der Waals surface area contributed by atoms with Crippen LogP contribution in [-0.2, 0) is 0 Å². The van der Waals surface area contributed by atoms with Gasteiger partial charge in [-0.2, -0.15) is 0 Å². The average molecular weight is 318 g/mol. The number of hydrogen-bond acceptors (Lipinski definition) is 4. The van der Waals surface area contributed by atoms with E-state index in [2.05, 4.69) is 9.97 Å². The maximum Gasteiger partial charge on any atom is 0.181 e. The van der Waals surface area contributed by atoms with Crippen LogP contribution in [-0.4, -0.2) is 23.4 Å². The number of methoxy groups -OCH3 is 1. The van der Waals surface area contributed by atoms with Crippen LogP contribution in [0.5, 0.6) is 5.75 Å². The molecule has 0 fully saturated rings. The lowest BCUT2D eigenvalue weighted by Gasteiger charge is -2.06. The van der Waals surface area contributed by atoms with Crippen molar-refractivity contribution in [2.24, 2.45) is 0 Å². The number of H-pyrrole nitrogens is 1. The fraction of sp³-hybridized carbons (Fsp3) is 0.0526. The van der Waals surface area contributed by atoms with E-state index in [9.17, 15) is 4.79 Å². The Balaban J connectivity index is 2.01. The first-order valence-corrected chi connectivity index (χ1v) is 7.45. The molecule has 0 saturated carbocycles. The van der Waals surface area contributed by atoms with Crippen molar-refractivity contribution in [2.75, 3.05) is 7.11 Å². The summed E-state index contributed by atoms with van der Waals surface area (Å²) in [5, 5.41) is 0.816. The fourth-order valence-electron chi connectivity index (χ4n) is 2.91. The molecular formula is C19H14N2O3. The molecule has 1 N–H and O–H groups in total. The van der Waals surface area contributed by atoms with Gasteiger partial charge in [0.2, 0.25) is 0 Å². The lowest BCUT2D eigenvalue weighted by atomic mass is 10.0. The Kier molecular flexibility index (Phi) is 3.39. The van der Waals surface area contributed by atoms with Gasteiger partial charge in [-0.05, 0) is 11.6 Å². The minimum absolute atomic E-state index is 0.591. The number of aromatic nitrogens is 2. The Hall–Kier alpha value is -3.34. The Bertz CT molecular complexity index is 1000. The summed E-state index contributed by atoms with van der Waals surface area (Å²) < 4.78 is 10.9. The molecule has 0 bridgehead atoms. The van der Waals surface area contributed by atoms with Crippen molar-refractivity contribution < 1.29 is 13.9 Å². The van der Waals surface area contributed by atoms with Crippen LogP contribution >= 0.6 is 0 Å². The number of carbonyl (C=O) groups is 1. The van der Waals surface area contributed by atoms with Gasteiger partial charge < -0.3 is 14.1 Å². The largest absolute Gasteiger partial charge is 0.496 e. The van der Waals surface area contributed by atoms with Gasteiger partial charge in [-0.15, -0.1) is 0 Å². The van der Waals surface area contributed by atoms with Crippen LogP contribution in [0, 0.1) is 0 Å². The molecule has 2 heterocycles. The van der Waals surface area contributed by atoms with Crippen molar-refractivity contribution in [3.8, 4) is 28.3 Å². The van der Waals surface area contributed by atoms with Crippen LogP contribution in [0.15, 0.2) is 59.5 Å². The highest BCUT2D eigenvalue weighted by Gasteiger charge is 2.17. The summed E-state index contributed by atoms with van der Waals surface area (Å²) >= 11 is 0. The molecule has 2 aromatic heterocycles. The summed E-state index contributed by atoms with van der Waals surface area (Å²) in [6.45, 7) is 0. The zero-order valence-electron chi connectivity index (χ0n) is 12.9. The molecule has 0 aliphatic carbocycles. The highest BCUT2D eigenvalue weighted by molar-refractivity contribution is 6.06. The van der Waals surface area contributed by atoms with Crippen LogP contribution in [0.1, 0.15) is 10.4 Å². The van der Waals surface area contributed by atoms with Crippen LogP contribution in [0.2, 0.25) is 0 Å². The van der Waals surface area contributed by atoms with Crippen LogP contribution < -0.4 is 4.74 Å². The van der Waals surface area contributed by atoms with Gasteiger partial charge in [0.25, 0.3) is 0 Å². The summed E-state index contributed by atoms with van der Waals surface area (Å²) in [6.07, 6.45) is 3.86. The molecule has 4 aromatic rings. The van der Waals surface area contributed by atoms with Gasteiger partial charge in [0, 0.05) is 17.0 Å². The summed E-state index contributed by atoms with van der Waals surface area (Å²) in [5.74, 6) is 1.24. The lowest BCUT2D eigenvalue weighted by molar-refractivity contribution is 0.112. The second-order valence-corrected chi connectivity index (χ2v) is 5.36. The van der Waals surface area contributed by atoms with E-state index < -0.39 is 0 Å². The van der Waals surface area contributed by atoms with E-state index in [0.29, 0.717) is 17.1 Å². The molecule has 2 aromatic carbocycles. The molecule has 0 radical (unpaired) electrons. The predicted molar refractivity (Wildman–Crippen MR) is 91.2 cm³/mol. The molecule has 0 aliphatic heterocycles. The maximum atomic E-state index is 11.7. The molecule has 24 heavy (non-hydrogen) atoms. The number of nitrogens with zero attached hydrogens (tertiary/aromatic N) is 1. The summed E-state index contributed by atoms with van der Waals surface area (Å²) in [6, 6.07) is 13.5. The SMILES string of the molecule is COc1cc2[nH]c(-c3ccccc3)c(C=O)c2cc1-c1cnco1. The third-order valence-corrected chi connectivity index (χ3v) is 4.04. The average Bonchev–Trinajstić information content (AvgIpc) is 3.28. The van der Waals surface area contributed by atoms with Gasteiger partial charge in [0.1, 0.15) is 5.75 Å². The number of carbonyl (C=O) groups excluding carboxylic acids is 1. The zero-order chi connectivity index (χ0) is 16.5. The van der Waals surface area contributed by atoms with Crippen molar-refractivity contribution in [3.63, 3.8) is 0 Å². The van der Waals surface area contributed by atoms with Gasteiger partial charge in [-0.1, -0.05) is 30.3 Å². The van der Waals surface area contributed by atoms with Crippen LogP contribution in [0.3, 0.4) is 0 Å². The van der Waals surface area contributed by atoms with E-state index in [1.165, 1.54) is 6.39 Å². The van der Waals surface area contributed by atoms with E-state index in [1.54, 1.807) is 13.3 Å². The number of aromatic amines is 1. The smallest absolute Gasteiger partial charge is 0.181 e. The Morgan fingerprint density at radius 3 is 2.71 bits per heavy atom. The lowest BCUT2D eigenvalue weighted by Crippen LogP contribution is -1.88. The topological polar surface area (TPSA) is 68.1 Å². The quantitative estimate of drug-likeness (QED) is 0.569. The summed E-state index contributed by atoms with van der Waals surface area (Å²) in [5.41, 5.74) is 3.94. The molecule has 0 spiro atoms. The maximum absolute atomic E-state index is 11.7. The third kappa shape index (κ3) is 2.18. The monoisotopic (exact) mass is 318 g/mol. The number of ether oxygens (including phenoxy) is 1. The van der Waals surface area contributed by atoms with Crippen LogP contribution in [0.4, 0.5) is 0 Å². The second-order valence-electron chi connectivity index (χ2n) is 5.36. The van der Waals surface area contributed by atoms with Crippen molar-refractivity contribution in [3.05, 3.63) is 60.6 Å². The predicted octanol–water partition coefficient (Wildman–Crippen LogP) is 4.31. The third-order valence-electron chi connectivity index (χ3n) is 4.04. The normalized spacial score (nSPS) is 10.9. The number of fused-ring (bicyclic) bond motifs is 1. The molecule has 0 saturated heterocycles. The molecule has 5 nitrogen and oxygen atoms in total. The van der Waals surface area contributed by atoms with E-state index in [4.69, 9.17) is 9.15 Å². The van der Waals surface area contributed by atoms with Gasteiger partial charge in [0.15, 0.2) is 18.4 Å². The van der Waals surface area contributed by atoms with Crippen LogP contribution in [0.25, 0.3) is 33.5 Å². The molecule has 0 amide bonds. The summed E-state index contributed by atoms with van der Waals surface area (Å²) in [7, 11) is 1.60. The van der Waals surface area contributed by atoms with Gasteiger partial charge in [-0.3, -0.25) is 4.79 Å². The van der Waals surface area contributed by atoms with E-state index in [1.807, 2.05) is 42.5 Å². The second kappa shape index (κ2) is 5.70. The Morgan fingerprint density at radius 1 is 1.21 bits per heavy atom. The van der Waals surface area contributed by atoms with E-state index in [-0.39, 0.29) is 0 Å². The molecule has 4 rings (SSSR count). The Morgan fingerprint density at radius 2 is 2.04 bits per heavy atom. The molecule has 0 aliphatic rings.